The second kappa shape index (κ2) is 2.96. The zero-order valence-corrected chi connectivity index (χ0v) is 9.10. The minimum Gasteiger partial charge on any atom is -0.323 e. The number of sulfonamides is 1. The van der Waals surface area contributed by atoms with Gasteiger partial charge in [-0.1, -0.05) is 0 Å². The van der Waals surface area contributed by atoms with Gasteiger partial charge in [-0.2, -0.15) is 5.10 Å². The summed E-state index contributed by atoms with van der Waals surface area (Å²) in [6.45, 7) is 0. The Bertz CT molecular complexity index is 489. The highest BCUT2D eigenvalue weighted by Crippen LogP contribution is 2.32. The van der Waals surface area contributed by atoms with Crippen LogP contribution in [0.15, 0.2) is 16.5 Å². The topological polar surface area (TPSA) is 75.8 Å². The van der Waals surface area contributed by atoms with Gasteiger partial charge in [-0.15, -0.1) is 11.3 Å². The predicted octanol–water partition coefficient (Wildman–Crippen LogP) is 0.191. The molecule has 0 saturated heterocycles. The van der Waals surface area contributed by atoms with E-state index < -0.39 is 10.0 Å². The molecule has 7 heteroatoms. The molecule has 0 atom stereocenters. The lowest BCUT2D eigenvalue weighted by molar-refractivity contribution is 0.597. The summed E-state index contributed by atoms with van der Waals surface area (Å²) in [4.78, 5) is 0.838. The van der Waals surface area contributed by atoms with Crippen molar-refractivity contribution in [2.75, 3.05) is 17.1 Å². The first-order chi connectivity index (χ1) is 6.56. The number of anilines is 1. The molecule has 1 aliphatic heterocycles. The SMILES string of the molecule is CN1c2ccsc2/C(=N/N)CS1(=O)=O. The highest BCUT2D eigenvalue weighted by Gasteiger charge is 2.31. The fourth-order valence-corrected chi connectivity index (χ4v) is 3.63. The van der Waals surface area contributed by atoms with Crippen molar-refractivity contribution in [3.05, 3.63) is 16.3 Å². The van der Waals surface area contributed by atoms with Gasteiger partial charge in [0.15, 0.2) is 0 Å². The summed E-state index contributed by atoms with van der Waals surface area (Å²) in [5.74, 6) is 5.04. The van der Waals surface area contributed by atoms with Crippen LogP contribution in [-0.4, -0.2) is 26.9 Å². The Labute approximate surface area is 85.9 Å². The number of hydrazone groups is 1. The Balaban J connectivity index is 2.67. The number of fused-ring (bicyclic) bond motifs is 1. The van der Waals surface area contributed by atoms with Crippen LogP contribution in [-0.2, 0) is 10.0 Å². The van der Waals surface area contributed by atoms with Crippen molar-refractivity contribution in [3.63, 3.8) is 0 Å². The highest BCUT2D eigenvalue weighted by molar-refractivity contribution is 7.93. The van der Waals surface area contributed by atoms with E-state index in [1.165, 1.54) is 22.7 Å². The normalized spacial score (nSPS) is 22.4. The number of thiophene rings is 1. The van der Waals surface area contributed by atoms with Crippen LogP contribution < -0.4 is 10.1 Å². The van der Waals surface area contributed by atoms with Gasteiger partial charge in [-0.05, 0) is 11.4 Å². The lowest BCUT2D eigenvalue weighted by Crippen LogP contribution is -2.37. The van der Waals surface area contributed by atoms with E-state index in [0.29, 0.717) is 11.4 Å². The monoisotopic (exact) mass is 231 g/mol. The van der Waals surface area contributed by atoms with Crippen LogP contribution in [0.5, 0.6) is 0 Å². The number of hydrogen-bond acceptors (Lipinski definition) is 5. The molecule has 0 unspecified atom stereocenters. The van der Waals surface area contributed by atoms with Crippen molar-refractivity contribution in [1.82, 2.24) is 0 Å². The first-order valence-corrected chi connectivity index (χ1v) is 6.36. The maximum absolute atomic E-state index is 11.6. The van der Waals surface area contributed by atoms with E-state index in [4.69, 9.17) is 5.84 Å². The van der Waals surface area contributed by atoms with Gasteiger partial charge >= 0.3 is 0 Å². The zero-order chi connectivity index (χ0) is 10.3. The Morgan fingerprint density at radius 3 is 3.00 bits per heavy atom. The van der Waals surface area contributed by atoms with Crippen molar-refractivity contribution in [3.8, 4) is 0 Å². The molecule has 14 heavy (non-hydrogen) atoms. The average molecular weight is 231 g/mol. The first kappa shape index (κ1) is 9.47. The van der Waals surface area contributed by atoms with Crippen LogP contribution in [0.4, 0.5) is 5.69 Å². The minimum atomic E-state index is -3.28. The third-order valence-corrected chi connectivity index (χ3v) is 4.76. The predicted molar refractivity (Wildman–Crippen MR) is 57.2 cm³/mol. The third kappa shape index (κ3) is 1.20. The van der Waals surface area contributed by atoms with E-state index in [9.17, 15) is 8.42 Å². The Morgan fingerprint density at radius 2 is 2.36 bits per heavy atom. The van der Waals surface area contributed by atoms with Gasteiger partial charge in [0.2, 0.25) is 10.0 Å². The minimum absolute atomic E-state index is 0.118. The number of nitrogens with two attached hydrogens (primary N) is 1. The van der Waals surface area contributed by atoms with Gasteiger partial charge in [0.25, 0.3) is 0 Å². The third-order valence-electron chi connectivity index (χ3n) is 2.14. The van der Waals surface area contributed by atoms with E-state index in [-0.39, 0.29) is 5.75 Å². The Kier molecular flexibility index (Phi) is 2.00. The zero-order valence-electron chi connectivity index (χ0n) is 7.47. The largest absolute Gasteiger partial charge is 0.323 e. The molecule has 0 radical (unpaired) electrons. The van der Waals surface area contributed by atoms with E-state index in [1.807, 2.05) is 5.38 Å². The van der Waals surface area contributed by atoms with Crippen LogP contribution in [0.3, 0.4) is 0 Å². The van der Waals surface area contributed by atoms with Crippen molar-refractivity contribution in [2.24, 2.45) is 10.9 Å². The Hall–Kier alpha value is -1.08. The van der Waals surface area contributed by atoms with Crippen LogP contribution in [0.1, 0.15) is 4.88 Å². The van der Waals surface area contributed by atoms with Gasteiger partial charge in [0.05, 0.1) is 16.3 Å². The summed E-state index contributed by atoms with van der Waals surface area (Å²) in [7, 11) is -1.74. The summed E-state index contributed by atoms with van der Waals surface area (Å²) in [5.41, 5.74) is 1.10. The molecule has 0 aromatic carbocycles. The van der Waals surface area contributed by atoms with E-state index >= 15 is 0 Å². The van der Waals surface area contributed by atoms with Crippen LogP contribution in [0.2, 0.25) is 0 Å². The van der Waals surface area contributed by atoms with E-state index in [0.717, 1.165) is 4.88 Å². The molecule has 0 amide bonds. The summed E-state index contributed by atoms with van der Waals surface area (Å²) < 4.78 is 24.5. The molecule has 2 N–H and O–H groups in total. The standard InChI is InChI=1S/C7H9N3O2S2/c1-10-6-2-3-13-7(6)5(9-8)4-14(10,11)12/h2-3H,4,8H2,1H3/b9-5+. The second-order valence-corrected chi connectivity index (χ2v) is 5.85. The molecule has 2 heterocycles. The molecule has 1 aromatic heterocycles. The second-order valence-electron chi connectivity index (χ2n) is 2.93. The molecule has 2 rings (SSSR count). The highest BCUT2D eigenvalue weighted by atomic mass is 32.2. The fourth-order valence-electron chi connectivity index (χ4n) is 1.35. The van der Waals surface area contributed by atoms with Crippen molar-refractivity contribution < 1.29 is 8.42 Å². The maximum atomic E-state index is 11.6. The summed E-state index contributed by atoms with van der Waals surface area (Å²) in [6.07, 6.45) is 0. The molecule has 76 valence electrons. The number of rotatable bonds is 0. The number of hydrogen-bond donors (Lipinski definition) is 1. The molecule has 1 aliphatic rings. The number of nitrogens with zero attached hydrogens (tertiary/aromatic N) is 2. The molecular formula is C7H9N3O2S2. The van der Waals surface area contributed by atoms with Crippen LogP contribution in [0.25, 0.3) is 0 Å². The van der Waals surface area contributed by atoms with E-state index in [2.05, 4.69) is 5.10 Å². The van der Waals surface area contributed by atoms with Crippen molar-refractivity contribution >= 4 is 32.8 Å². The lowest BCUT2D eigenvalue weighted by Gasteiger charge is -2.24. The molecule has 1 aromatic rings. The summed E-state index contributed by atoms with van der Waals surface area (Å²) >= 11 is 1.45. The molecule has 0 spiro atoms. The fraction of sp³-hybridized carbons (Fsp3) is 0.286. The molecule has 0 aliphatic carbocycles. The molecule has 0 bridgehead atoms. The average Bonchev–Trinajstić information content (AvgIpc) is 2.60. The quantitative estimate of drug-likeness (QED) is 0.511. The maximum Gasteiger partial charge on any atom is 0.240 e. The molecule has 0 saturated carbocycles. The molecule has 5 nitrogen and oxygen atoms in total. The summed E-state index contributed by atoms with van der Waals surface area (Å²) in [5, 5.41) is 5.34. The van der Waals surface area contributed by atoms with Gasteiger partial charge < -0.3 is 5.84 Å². The molecular weight excluding hydrogens is 222 g/mol. The summed E-state index contributed by atoms with van der Waals surface area (Å²) in [6, 6.07) is 1.75. The van der Waals surface area contributed by atoms with Crippen molar-refractivity contribution in [2.45, 2.75) is 0 Å². The van der Waals surface area contributed by atoms with Crippen molar-refractivity contribution in [1.29, 1.82) is 0 Å². The lowest BCUT2D eigenvalue weighted by atomic mass is 10.3. The van der Waals surface area contributed by atoms with Gasteiger partial charge in [-0.25, -0.2) is 8.42 Å². The smallest absolute Gasteiger partial charge is 0.240 e. The van der Waals surface area contributed by atoms with E-state index in [1.54, 1.807) is 6.07 Å². The first-order valence-electron chi connectivity index (χ1n) is 3.87. The Morgan fingerprint density at radius 1 is 1.64 bits per heavy atom. The van der Waals surface area contributed by atoms with Gasteiger partial charge in [0.1, 0.15) is 5.75 Å². The van der Waals surface area contributed by atoms with Crippen LogP contribution in [0, 0.1) is 0 Å². The van der Waals surface area contributed by atoms with Crippen LogP contribution >= 0.6 is 11.3 Å². The molecule has 0 fully saturated rings. The van der Waals surface area contributed by atoms with Gasteiger partial charge in [-0.3, -0.25) is 4.31 Å². The van der Waals surface area contributed by atoms with Gasteiger partial charge in [0, 0.05) is 7.05 Å².